The van der Waals surface area contributed by atoms with Crippen molar-refractivity contribution < 1.29 is 4.79 Å². The Morgan fingerprint density at radius 2 is 1.73 bits per heavy atom. The SMILES string of the molecule is O=C(Nc1ccccc1)N1CCn2c(cc3ccccc32)C1. The van der Waals surface area contributed by atoms with Crippen molar-refractivity contribution in [3.05, 3.63) is 66.4 Å². The molecule has 0 unspecified atom stereocenters. The van der Waals surface area contributed by atoms with Gasteiger partial charge in [0.1, 0.15) is 0 Å². The smallest absolute Gasteiger partial charge is 0.322 e. The molecule has 1 N–H and O–H groups in total. The molecule has 0 fully saturated rings. The summed E-state index contributed by atoms with van der Waals surface area (Å²) in [6, 6.07) is 20.1. The van der Waals surface area contributed by atoms with Crippen LogP contribution in [-0.2, 0) is 13.1 Å². The summed E-state index contributed by atoms with van der Waals surface area (Å²) in [4.78, 5) is 14.3. The van der Waals surface area contributed by atoms with Gasteiger partial charge in [-0.15, -0.1) is 0 Å². The summed E-state index contributed by atoms with van der Waals surface area (Å²) >= 11 is 0. The molecule has 0 saturated heterocycles. The number of anilines is 1. The van der Waals surface area contributed by atoms with Gasteiger partial charge in [-0.2, -0.15) is 0 Å². The molecule has 4 nitrogen and oxygen atoms in total. The monoisotopic (exact) mass is 291 g/mol. The molecule has 0 spiro atoms. The van der Waals surface area contributed by atoms with Crippen molar-refractivity contribution in [3.8, 4) is 0 Å². The number of para-hydroxylation sites is 2. The number of hydrogen-bond donors (Lipinski definition) is 1. The number of nitrogens with zero attached hydrogens (tertiary/aromatic N) is 2. The number of fused-ring (bicyclic) bond motifs is 3. The van der Waals surface area contributed by atoms with Crippen molar-refractivity contribution >= 4 is 22.6 Å². The van der Waals surface area contributed by atoms with Crippen LogP contribution in [0.3, 0.4) is 0 Å². The maximum Gasteiger partial charge on any atom is 0.322 e. The van der Waals surface area contributed by atoms with Crippen LogP contribution in [-0.4, -0.2) is 22.0 Å². The maximum absolute atomic E-state index is 12.4. The number of benzene rings is 2. The highest BCUT2D eigenvalue weighted by molar-refractivity contribution is 5.89. The van der Waals surface area contributed by atoms with Crippen LogP contribution in [0.4, 0.5) is 10.5 Å². The van der Waals surface area contributed by atoms with Crippen LogP contribution in [0.1, 0.15) is 5.69 Å². The van der Waals surface area contributed by atoms with Crippen molar-refractivity contribution in [2.75, 3.05) is 11.9 Å². The molecule has 4 rings (SSSR count). The molecule has 0 saturated carbocycles. The van der Waals surface area contributed by atoms with E-state index in [1.54, 1.807) is 0 Å². The van der Waals surface area contributed by atoms with E-state index in [2.05, 4.69) is 34.1 Å². The first kappa shape index (κ1) is 13.0. The minimum atomic E-state index is -0.0392. The van der Waals surface area contributed by atoms with E-state index in [1.165, 1.54) is 16.6 Å². The van der Waals surface area contributed by atoms with Crippen molar-refractivity contribution in [1.29, 1.82) is 0 Å². The Morgan fingerprint density at radius 3 is 2.59 bits per heavy atom. The van der Waals surface area contributed by atoms with E-state index >= 15 is 0 Å². The first-order valence-electron chi connectivity index (χ1n) is 7.49. The second-order valence-electron chi connectivity index (χ2n) is 5.56. The number of rotatable bonds is 1. The maximum atomic E-state index is 12.4. The zero-order valence-corrected chi connectivity index (χ0v) is 12.2. The highest BCUT2D eigenvalue weighted by Gasteiger charge is 2.22. The van der Waals surface area contributed by atoms with Gasteiger partial charge in [0, 0.05) is 30.0 Å². The van der Waals surface area contributed by atoms with Gasteiger partial charge in [0.2, 0.25) is 0 Å². The van der Waals surface area contributed by atoms with Crippen molar-refractivity contribution in [2.24, 2.45) is 0 Å². The fourth-order valence-electron chi connectivity index (χ4n) is 3.06. The molecular formula is C18H17N3O. The third kappa shape index (κ3) is 2.22. The normalized spacial score (nSPS) is 13.9. The zero-order chi connectivity index (χ0) is 14.9. The van der Waals surface area contributed by atoms with Crippen LogP contribution in [0.25, 0.3) is 10.9 Å². The third-order valence-corrected chi connectivity index (χ3v) is 4.16. The molecule has 1 aromatic heterocycles. The van der Waals surface area contributed by atoms with Crippen LogP contribution in [0, 0.1) is 0 Å². The fraction of sp³-hybridized carbons (Fsp3) is 0.167. The molecule has 22 heavy (non-hydrogen) atoms. The molecule has 2 amide bonds. The van der Waals surface area contributed by atoms with E-state index in [-0.39, 0.29) is 6.03 Å². The average Bonchev–Trinajstić information content (AvgIpc) is 2.93. The summed E-state index contributed by atoms with van der Waals surface area (Å²) in [5.74, 6) is 0. The second-order valence-corrected chi connectivity index (χ2v) is 5.56. The lowest BCUT2D eigenvalue weighted by molar-refractivity contribution is 0.198. The van der Waals surface area contributed by atoms with Crippen molar-refractivity contribution in [3.63, 3.8) is 0 Å². The molecule has 0 aliphatic carbocycles. The molecule has 0 atom stereocenters. The molecule has 2 heterocycles. The largest absolute Gasteiger partial charge is 0.341 e. The Hall–Kier alpha value is -2.75. The van der Waals surface area contributed by atoms with E-state index in [0.717, 1.165) is 18.8 Å². The van der Waals surface area contributed by atoms with E-state index in [9.17, 15) is 4.79 Å². The molecule has 0 radical (unpaired) electrons. The van der Waals surface area contributed by atoms with Crippen LogP contribution in [0.5, 0.6) is 0 Å². The molecule has 4 heteroatoms. The lowest BCUT2D eigenvalue weighted by Gasteiger charge is -2.29. The minimum Gasteiger partial charge on any atom is -0.341 e. The summed E-state index contributed by atoms with van der Waals surface area (Å²) in [5.41, 5.74) is 3.27. The lowest BCUT2D eigenvalue weighted by atomic mass is 10.2. The average molecular weight is 291 g/mol. The van der Waals surface area contributed by atoms with Crippen LogP contribution in [0.15, 0.2) is 60.7 Å². The van der Waals surface area contributed by atoms with E-state index in [0.29, 0.717) is 6.54 Å². The van der Waals surface area contributed by atoms with Gasteiger partial charge in [0.15, 0.2) is 0 Å². The second kappa shape index (κ2) is 5.22. The molecule has 0 bridgehead atoms. The number of carbonyl (C=O) groups excluding carboxylic acids is 1. The number of carbonyl (C=O) groups is 1. The first-order valence-corrected chi connectivity index (χ1v) is 7.49. The quantitative estimate of drug-likeness (QED) is 0.729. The highest BCUT2D eigenvalue weighted by atomic mass is 16.2. The molecule has 1 aliphatic rings. The van der Waals surface area contributed by atoms with Crippen molar-refractivity contribution in [1.82, 2.24) is 9.47 Å². The number of hydrogen-bond acceptors (Lipinski definition) is 1. The van der Waals surface area contributed by atoms with Crippen molar-refractivity contribution in [2.45, 2.75) is 13.1 Å². The van der Waals surface area contributed by atoms with Crippen LogP contribution < -0.4 is 5.32 Å². The van der Waals surface area contributed by atoms with Crippen LogP contribution in [0.2, 0.25) is 0 Å². The zero-order valence-electron chi connectivity index (χ0n) is 12.2. The first-order chi connectivity index (χ1) is 10.8. The van der Waals surface area contributed by atoms with Gasteiger partial charge in [-0.05, 0) is 29.7 Å². The summed E-state index contributed by atoms with van der Waals surface area (Å²) < 4.78 is 2.31. The van der Waals surface area contributed by atoms with E-state index < -0.39 is 0 Å². The topological polar surface area (TPSA) is 37.3 Å². The summed E-state index contributed by atoms with van der Waals surface area (Å²) in [5, 5.41) is 4.19. The molecule has 110 valence electrons. The predicted octanol–water partition coefficient (Wildman–Crippen LogP) is 3.69. The van der Waals surface area contributed by atoms with Gasteiger partial charge in [0.25, 0.3) is 0 Å². The fourth-order valence-corrected chi connectivity index (χ4v) is 3.06. The summed E-state index contributed by atoms with van der Waals surface area (Å²) in [7, 11) is 0. The van der Waals surface area contributed by atoms with Crippen LogP contribution >= 0.6 is 0 Å². The van der Waals surface area contributed by atoms with Gasteiger partial charge < -0.3 is 14.8 Å². The van der Waals surface area contributed by atoms with Gasteiger partial charge >= 0.3 is 6.03 Å². The standard InChI is InChI=1S/C18H17N3O/c22-18(19-15-7-2-1-3-8-15)20-10-11-21-16(13-20)12-14-6-4-5-9-17(14)21/h1-9,12H,10-11,13H2,(H,19,22). The molecular weight excluding hydrogens is 274 g/mol. The number of nitrogens with one attached hydrogen (secondary N) is 1. The Labute approximate surface area is 129 Å². The Balaban J connectivity index is 1.55. The predicted molar refractivity (Wildman–Crippen MR) is 87.8 cm³/mol. The Bertz CT molecular complexity index is 823. The molecule has 3 aromatic rings. The highest BCUT2D eigenvalue weighted by Crippen LogP contribution is 2.24. The lowest BCUT2D eigenvalue weighted by Crippen LogP contribution is -2.40. The van der Waals surface area contributed by atoms with E-state index in [4.69, 9.17) is 0 Å². The number of urea groups is 1. The summed E-state index contributed by atoms with van der Waals surface area (Å²) in [6.07, 6.45) is 0. The Morgan fingerprint density at radius 1 is 0.955 bits per heavy atom. The summed E-state index contributed by atoms with van der Waals surface area (Å²) in [6.45, 7) is 2.21. The van der Waals surface area contributed by atoms with Gasteiger partial charge in [-0.1, -0.05) is 36.4 Å². The number of aromatic nitrogens is 1. The third-order valence-electron chi connectivity index (χ3n) is 4.16. The van der Waals surface area contributed by atoms with E-state index in [1.807, 2.05) is 41.3 Å². The van der Waals surface area contributed by atoms with Gasteiger partial charge in [-0.3, -0.25) is 0 Å². The Kier molecular flexibility index (Phi) is 3.07. The molecule has 2 aromatic carbocycles. The van der Waals surface area contributed by atoms with Gasteiger partial charge in [-0.25, -0.2) is 4.79 Å². The van der Waals surface area contributed by atoms with Gasteiger partial charge in [0.05, 0.1) is 6.54 Å². The molecule has 1 aliphatic heterocycles. The number of amides is 2. The minimum absolute atomic E-state index is 0.0392.